The molecule has 1 aliphatic rings. The molecule has 0 bridgehead atoms. The number of aryl methyl sites for hydroxylation is 3. The highest BCUT2D eigenvalue weighted by atomic mass is 15.3. The Balaban J connectivity index is 2.44. The minimum absolute atomic E-state index is 0.0672. The highest BCUT2D eigenvalue weighted by Gasteiger charge is 2.40. The van der Waals surface area contributed by atoms with Gasteiger partial charge in [0.15, 0.2) is 0 Å². The van der Waals surface area contributed by atoms with Crippen molar-refractivity contribution < 1.29 is 0 Å². The molecule has 118 valence electrons. The zero-order valence-corrected chi connectivity index (χ0v) is 14.3. The van der Waals surface area contributed by atoms with Crippen molar-refractivity contribution in [2.75, 3.05) is 13.1 Å². The second-order valence-corrected chi connectivity index (χ2v) is 6.80. The molecule has 0 aliphatic carbocycles. The Morgan fingerprint density at radius 2 is 1.71 bits per heavy atom. The zero-order valence-electron chi connectivity index (χ0n) is 14.3. The molecule has 0 spiro atoms. The topological polar surface area (TPSA) is 41.3 Å². The third-order valence-corrected chi connectivity index (χ3v) is 5.53. The van der Waals surface area contributed by atoms with Gasteiger partial charge in [-0.1, -0.05) is 19.1 Å². The van der Waals surface area contributed by atoms with Crippen LogP contribution in [0, 0.1) is 20.8 Å². The lowest BCUT2D eigenvalue weighted by Crippen LogP contribution is -2.55. The summed E-state index contributed by atoms with van der Waals surface area (Å²) < 4.78 is 0. The minimum Gasteiger partial charge on any atom is -0.296 e. The van der Waals surface area contributed by atoms with Crippen LogP contribution in [0.15, 0.2) is 12.1 Å². The third-order valence-electron chi connectivity index (χ3n) is 5.53. The van der Waals surface area contributed by atoms with Crippen molar-refractivity contribution >= 4 is 0 Å². The summed E-state index contributed by atoms with van der Waals surface area (Å²) in [7, 11) is 0. The minimum atomic E-state index is 0.0672. The number of nitrogens with zero attached hydrogens (tertiary/aromatic N) is 1. The standard InChI is InChI=1S/C18H31N3/c1-6-18(5,21-9-7-8-10-21)17(20-19)16-12-14(3)13(2)11-15(16)4/h11-12,17,20H,6-10,19H2,1-5H3. The molecule has 3 heteroatoms. The van der Waals surface area contributed by atoms with Crippen LogP contribution in [0.5, 0.6) is 0 Å². The molecule has 1 heterocycles. The lowest BCUT2D eigenvalue weighted by molar-refractivity contribution is 0.0837. The number of benzene rings is 1. The molecule has 1 aromatic carbocycles. The van der Waals surface area contributed by atoms with Crippen LogP contribution in [0.1, 0.15) is 61.4 Å². The maximum atomic E-state index is 6.01. The maximum Gasteiger partial charge on any atom is 0.0643 e. The van der Waals surface area contributed by atoms with Crippen LogP contribution in [-0.4, -0.2) is 23.5 Å². The van der Waals surface area contributed by atoms with E-state index in [1.54, 1.807) is 0 Å². The summed E-state index contributed by atoms with van der Waals surface area (Å²) in [4.78, 5) is 2.62. The normalized spacial score (nSPS) is 20.5. The van der Waals surface area contributed by atoms with E-state index in [0.717, 1.165) is 6.42 Å². The molecule has 21 heavy (non-hydrogen) atoms. The van der Waals surface area contributed by atoms with E-state index in [0.29, 0.717) is 0 Å². The molecule has 2 unspecified atom stereocenters. The molecule has 1 aliphatic heterocycles. The lowest BCUT2D eigenvalue weighted by Gasteiger charge is -2.45. The molecule has 0 amide bonds. The van der Waals surface area contributed by atoms with Crippen molar-refractivity contribution in [3.05, 3.63) is 34.4 Å². The predicted octanol–water partition coefficient (Wildman–Crippen LogP) is 3.38. The van der Waals surface area contributed by atoms with E-state index < -0.39 is 0 Å². The Hall–Kier alpha value is -0.900. The fraction of sp³-hybridized carbons (Fsp3) is 0.667. The lowest BCUT2D eigenvalue weighted by atomic mass is 9.81. The number of hydrazine groups is 1. The van der Waals surface area contributed by atoms with Gasteiger partial charge in [0.1, 0.15) is 0 Å². The summed E-state index contributed by atoms with van der Waals surface area (Å²) >= 11 is 0. The van der Waals surface area contributed by atoms with Crippen molar-refractivity contribution in [2.45, 2.75) is 65.5 Å². The van der Waals surface area contributed by atoms with E-state index >= 15 is 0 Å². The van der Waals surface area contributed by atoms with Gasteiger partial charge in [-0.05, 0) is 82.3 Å². The van der Waals surface area contributed by atoms with Gasteiger partial charge in [0.2, 0.25) is 0 Å². The van der Waals surface area contributed by atoms with Gasteiger partial charge in [-0.25, -0.2) is 0 Å². The molecule has 2 rings (SSSR count). The Kier molecular flexibility index (Phi) is 5.07. The highest BCUT2D eigenvalue weighted by molar-refractivity contribution is 5.39. The van der Waals surface area contributed by atoms with E-state index in [4.69, 9.17) is 5.84 Å². The smallest absolute Gasteiger partial charge is 0.0643 e. The predicted molar refractivity (Wildman–Crippen MR) is 90.2 cm³/mol. The fourth-order valence-electron chi connectivity index (χ4n) is 3.74. The van der Waals surface area contributed by atoms with Gasteiger partial charge in [0.05, 0.1) is 6.04 Å². The summed E-state index contributed by atoms with van der Waals surface area (Å²) in [6.07, 6.45) is 3.70. The third kappa shape index (κ3) is 3.01. The van der Waals surface area contributed by atoms with Crippen LogP contribution < -0.4 is 11.3 Å². The van der Waals surface area contributed by atoms with Crippen molar-refractivity contribution in [1.29, 1.82) is 0 Å². The van der Waals surface area contributed by atoms with Crippen molar-refractivity contribution in [1.82, 2.24) is 10.3 Å². The van der Waals surface area contributed by atoms with Crippen LogP contribution in [0.4, 0.5) is 0 Å². The molecule has 1 saturated heterocycles. The zero-order chi connectivity index (χ0) is 15.6. The maximum absolute atomic E-state index is 6.01. The first-order valence-electron chi connectivity index (χ1n) is 8.23. The Labute approximate surface area is 129 Å². The second-order valence-electron chi connectivity index (χ2n) is 6.80. The van der Waals surface area contributed by atoms with Crippen LogP contribution in [-0.2, 0) is 0 Å². The average Bonchev–Trinajstić information content (AvgIpc) is 2.99. The van der Waals surface area contributed by atoms with Crippen molar-refractivity contribution in [2.24, 2.45) is 5.84 Å². The molecule has 0 aromatic heterocycles. The number of hydrogen-bond donors (Lipinski definition) is 2. The fourth-order valence-corrected chi connectivity index (χ4v) is 3.74. The SMILES string of the molecule is CCC(C)(C(NN)c1cc(C)c(C)cc1C)N1CCCC1. The quantitative estimate of drug-likeness (QED) is 0.645. The Morgan fingerprint density at radius 3 is 2.24 bits per heavy atom. The summed E-state index contributed by atoms with van der Waals surface area (Å²) in [6, 6.07) is 4.77. The summed E-state index contributed by atoms with van der Waals surface area (Å²) in [6.45, 7) is 13.6. The largest absolute Gasteiger partial charge is 0.296 e. The molecule has 3 N–H and O–H groups in total. The highest BCUT2D eigenvalue weighted by Crippen LogP contribution is 2.37. The summed E-state index contributed by atoms with van der Waals surface area (Å²) in [5.41, 5.74) is 8.57. The van der Waals surface area contributed by atoms with E-state index in [1.807, 2.05) is 0 Å². The van der Waals surface area contributed by atoms with Gasteiger partial charge in [0, 0.05) is 5.54 Å². The van der Waals surface area contributed by atoms with E-state index in [-0.39, 0.29) is 11.6 Å². The summed E-state index contributed by atoms with van der Waals surface area (Å²) in [5, 5.41) is 0. The molecule has 1 aromatic rings. The van der Waals surface area contributed by atoms with Gasteiger partial charge in [-0.3, -0.25) is 16.2 Å². The van der Waals surface area contributed by atoms with Crippen LogP contribution in [0.3, 0.4) is 0 Å². The first-order chi connectivity index (χ1) is 9.93. The second kappa shape index (κ2) is 6.47. The van der Waals surface area contributed by atoms with Crippen molar-refractivity contribution in [3.63, 3.8) is 0 Å². The molecular formula is C18H31N3. The average molecular weight is 289 g/mol. The van der Waals surface area contributed by atoms with Crippen LogP contribution in [0.25, 0.3) is 0 Å². The van der Waals surface area contributed by atoms with Gasteiger partial charge in [0.25, 0.3) is 0 Å². The van der Waals surface area contributed by atoms with Gasteiger partial charge in [-0.15, -0.1) is 0 Å². The van der Waals surface area contributed by atoms with Gasteiger partial charge >= 0.3 is 0 Å². The van der Waals surface area contributed by atoms with E-state index in [9.17, 15) is 0 Å². The Morgan fingerprint density at radius 1 is 1.14 bits per heavy atom. The first kappa shape index (κ1) is 16.5. The molecule has 1 fully saturated rings. The van der Waals surface area contributed by atoms with E-state index in [2.05, 4.69) is 57.1 Å². The number of likely N-dealkylation sites (tertiary alicyclic amines) is 1. The van der Waals surface area contributed by atoms with Crippen LogP contribution in [0.2, 0.25) is 0 Å². The van der Waals surface area contributed by atoms with Gasteiger partial charge < -0.3 is 0 Å². The number of nitrogens with two attached hydrogens (primary N) is 1. The molecular weight excluding hydrogens is 258 g/mol. The molecule has 0 radical (unpaired) electrons. The summed E-state index contributed by atoms with van der Waals surface area (Å²) in [5.74, 6) is 6.01. The number of nitrogens with one attached hydrogen (secondary N) is 1. The Bertz CT molecular complexity index is 491. The van der Waals surface area contributed by atoms with Gasteiger partial charge in [-0.2, -0.15) is 0 Å². The van der Waals surface area contributed by atoms with Crippen LogP contribution >= 0.6 is 0 Å². The molecule has 2 atom stereocenters. The number of hydrogen-bond acceptors (Lipinski definition) is 3. The molecule has 0 saturated carbocycles. The molecule has 3 nitrogen and oxygen atoms in total. The monoisotopic (exact) mass is 289 g/mol. The van der Waals surface area contributed by atoms with Crippen molar-refractivity contribution in [3.8, 4) is 0 Å². The number of rotatable bonds is 5. The van der Waals surface area contributed by atoms with E-state index in [1.165, 1.54) is 48.2 Å². The first-order valence-corrected chi connectivity index (χ1v) is 8.23.